The van der Waals surface area contributed by atoms with Crippen LogP contribution in [0.4, 0.5) is 5.13 Å². The molecule has 1 N–H and O–H groups in total. The molecule has 1 aromatic carbocycles. The predicted molar refractivity (Wildman–Crippen MR) is 101 cm³/mol. The number of nitrogens with zero attached hydrogens (tertiary/aromatic N) is 2. The van der Waals surface area contributed by atoms with E-state index in [9.17, 15) is 0 Å². The number of hydrogen-bond acceptors (Lipinski definition) is 4. The van der Waals surface area contributed by atoms with Crippen molar-refractivity contribution in [3.63, 3.8) is 0 Å². The standard InChI is InChI=1S/C17H19Cl2N3S/c1-11(12-5-3-2-4-6-12)21-22-17-20-16(10-23-17)14-8-7-13(18)9-15(14)19/h7-10,12H,2-6H2,1H3,(H,20,22)/b21-11-. The van der Waals surface area contributed by atoms with Crippen molar-refractivity contribution in [1.29, 1.82) is 0 Å². The molecule has 6 heteroatoms. The molecule has 1 heterocycles. The van der Waals surface area contributed by atoms with Gasteiger partial charge >= 0.3 is 0 Å². The van der Waals surface area contributed by atoms with E-state index in [-0.39, 0.29) is 0 Å². The Balaban J connectivity index is 1.69. The maximum absolute atomic E-state index is 6.23. The van der Waals surface area contributed by atoms with Gasteiger partial charge in [-0.15, -0.1) is 11.3 Å². The number of hydrogen-bond donors (Lipinski definition) is 1. The fourth-order valence-corrected chi connectivity index (χ4v) is 4.05. The Morgan fingerprint density at radius 1 is 1.26 bits per heavy atom. The second-order valence-electron chi connectivity index (χ2n) is 5.86. The molecule has 122 valence electrons. The largest absolute Gasteiger partial charge is 0.253 e. The van der Waals surface area contributed by atoms with Crippen molar-refractivity contribution < 1.29 is 0 Å². The van der Waals surface area contributed by atoms with Gasteiger partial charge in [0.25, 0.3) is 0 Å². The van der Waals surface area contributed by atoms with Crippen LogP contribution in [0.5, 0.6) is 0 Å². The van der Waals surface area contributed by atoms with Gasteiger partial charge in [0, 0.05) is 21.7 Å². The molecule has 1 aromatic heterocycles. The van der Waals surface area contributed by atoms with E-state index in [4.69, 9.17) is 23.2 Å². The van der Waals surface area contributed by atoms with Gasteiger partial charge in [-0.25, -0.2) is 4.98 Å². The van der Waals surface area contributed by atoms with Gasteiger partial charge in [0.15, 0.2) is 0 Å². The highest BCUT2D eigenvalue weighted by atomic mass is 35.5. The lowest BCUT2D eigenvalue weighted by Gasteiger charge is -2.20. The molecular weight excluding hydrogens is 349 g/mol. The minimum atomic E-state index is 0.608. The molecule has 1 aliphatic carbocycles. The molecule has 0 radical (unpaired) electrons. The number of halogens is 2. The third kappa shape index (κ3) is 4.25. The van der Waals surface area contributed by atoms with Crippen molar-refractivity contribution in [2.24, 2.45) is 11.0 Å². The zero-order valence-corrected chi connectivity index (χ0v) is 15.3. The van der Waals surface area contributed by atoms with E-state index in [1.54, 1.807) is 6.07 Å². The molecule has 2 aromatic rings. The van der Waals surface area contributed by atoms with Crippen LogP contribution >= 0.6 is 34.5 Å². The lowest BCUT2D eigenvalue weighted by atomic mass is 9.86. The highest BCUT2D eigenvalue weighted by Crippen LogP contribution is 2.32. The second-order valence-corrected chi connectivity index (χ2v) is 7.56. The van der Waals surface area contributed by atoms with E-state index < -0.39 is 0 Å². The summed E-state index contributed by atoms with van der Waals surface area (Å²) < 4.78 is 0. The number of thiazole rings is 1. The number of rotatable bonds is 4. The summed E-state index contributed by atoms with van der Waals surface area (Å²) in [4.78, 5) is 4.56. The number of benzene rings is 1. The predicted octanol–water partition coefficient (Wildman–Crippen LogP) is 6.49. The van der Waals surface area contributed by atoms with Gasteiger partial charge in [0.2, 0.25) is 5.13 Å². The van der Waals surface area contributed by atoms with Crippen LogP contribution in [0.25, 0.3) is 11.3 Å². The van der Waals surface area contributed by atoms with Crippen LogP contribution in [0.15, 0.2) is 28.7 Å². The van der Waals surface area contributed by atoms with Crippen LogP contribution < -0.4 is 5.43 Å². The fourth-order valence-electron chi connectivity index (χ4n) is 2.89. The van der Waals surface area contributed by atoms with Crippen molar-refractivity contribution in [2.75, 3.05) is 5.43 Å². The summed E-state index contributed by atoms with van der Waals surface area (Å²) in [5.41, 5.74) is 5.98. The first-order valence-corrected chi connectivity index (χ1v) is 9.48. The van der Waals surface area contributed by atoms with E-state index >= 15 is 0 Å². The number of nitrogens with one attached hydrogen (secondary N) is 1. The molecule has 1 fully saturated rings. The fraction of sp³-hybridized carbons (Fsp3) is 0.412. The first kappa shape index (κ1) is 16.7. The van der Waals surface area contributed by atoms with Crippen molar-refractivity contribution in [1.82, 2.24) is 4.98 Å². The Kier molecular flexibility index (Phi) is 5.57. The van der Waals surface area contributed by atoms with Gasteiger partial charge in [-0.05, 0) is 43.9 Å². The van der Waals surface area contributed by atoms with Crippen LogP contribution in [0.2, 0.25) is 10.0 Å². The van der Waals surface area contributed by atoms with E-state index in [1.807, 2.05) is 17.5 Å². The average molecular weight is 368 g/mol. The topological polar surface area (TPSA) is 37.3 Å². The molecule has 1 saturated carbocycles. The normalized spacial score (nSPS) is 16.6. The third-order valence-corrected chi connectivity index (χ3v) is 5.53. The highest BCUT2D eigenvalue weighted by molar-refractivity contribution is 7.14. The first-order chi connectivity index (χ1) is 11.1. The molecular formula is C17H19Cl2N3S. The molecule has 23 heavy (non-hydrogen) atoms. The van der Waals surface area contributed by atoms with Gasteiger partial charge in [-0.2, -0.15) is 5.10 Å². The molecule has 0 amide bonds. The maximum Gasteiger partial charge on any atom is 0.203 e. The summed E-state index contributed by atoms with van der Waals surface area (Å²) >= 11 is 13.7. The Labute approximate surface area is 150 Å². The molecule has 0 unspecified atom stereocenters. The maximum atomic E-state index is 6.23. The van der Waals surface area contributed by atoms with Gasteiger partial charge in [0.1, 0.15) is 0 Å². The van der Waals surface area contributed by atoms with Crippen LogP contribution in [-0.2, 0) is 0 Å². The van der Waals surface area contributed by atoms with Crippen molar-refractivity contribution in [2.45, 2.75) is 39.0 Å². The van der Waals surface area contributed by atoms with E-state index in [1.165, 1.54) is 49.2 Å². The van der Waals surface area contributed by atoms with E-state index in [0.717, 1.165) is 16.4 Å². The van der Waals surface area contributed by atoms with Crippen molar-refractivity contribution >= 4 is 45.4 Å². The molecule has 3 nitrogen and oxygen atoms in total. The number of hydrazone groups is 1. The molecule has 0 spiro atoms. The first-order valence-electron chi connectivity index (χ1n) is 7.84. The van der Waals surface area contributed by atoms with Crippen LogP contribution in [-0.4, -0.2) is 10.7 Å². The summed E-state index contributed by atoms with van der Waals surface area (Å²) in [5, 5.41) is 8.51. The van der Waals surface area contributed by atoms with Gasteiger partial charge in [-0.3, -0.25) is 5.43 Å². The van der Waals surface area contributed by atoms with Gasteiger partial charge < -0.3 is 0 Å². The molecule has 0 atom stereocenters. The van der Waals surface area contributed by atoms with Crippen LogP contribution in [0, 0.1) is 5.92 Å². The molecule has 0 saturated heterocycles. The molecule has 1 aliphatic rings. The Morgan fingerprint density at radius 3 is 2.78 bits per heavy atom. The summed E-state index contributed by atoms with van der Waals surface area (Å²) in [6.45, 7) is 2.10. The minimum absolute atomic E-state index is 0.608. The summed E-state index contributed by atoms with van der Waals surface area (Å²) in [7, 11) is 0. The summed E-state index contributed by atoms with van der Waals surface area (Å²) in [6, 6.07) is 5.44. The van der Waals surface area contributed by atoms with Crippen molar-refractivity contribution in [3.8, 4) is 11.3 Å². The van der Waals surface area contributed by atoms with Crippen LogP contribution in [0.3, 0.4) is 0 Å². The second kappa shape index (κ2) is 7.65. The molecule has 0 bridgehead atoms. The lowest BCUT2D eigenvalue weighted by Crippen LogP contribution is -2.16. The molecule has 0 aliphatic heterocycles. The lowest BCUT2D eigenvalue weighted by molar-refractivity contribution is 0.438. The monoisotopic (exact) mass is 367 g/mol. The summed E-state index contributed by atoms with van der Waals surface area (Å²) in [5.74, 6) is 0.612. The quantitative estimate of drug-likeness (QED) is 0.495. The smallest absolute Gasteiger partial charge is 0.203 e. The van der Waals surface area contributed by atoms with E-state index in [0.29, 0.717) is 16.0 Å². The van der Waals surface area contributed by atoms with E-state index in [2.05, 4.69) is 22.4 Å². The SMILES string of the molecule is C/C(=N/Nc1nc(-c2ccc(Cl)cc2Cl)cs1)C1CCCCC1. The van der Waals surface area contributed by atoms with Gasteiger partial charge in [0.05, 0.1) is 10.7 Å². The molecule has 3 rings (SSSR count). The number of aromatic nitrogens is 1. The minimum Gasteiger partial charge on any atom is -0.253 e. The summed E-state index contributed by atoms with van der Waals surface area (Å²) in [6.07, 6.45) is 6.48. The van der Waals surface area contributed by atoms with Crippen LogP contribution in [0.1, 0.15) is 39.0 Å². The number of anilines is 1. The zero-order chi connectivity index (χ0) is 16.2. The van der Waals surface area contributed by atoms with Crippen molar-refractivity contribution in [3.05, 3.63) is 33.6 Å². The Hall–Kier alpha value is -1.10. The average Bonchev–Trinajstić information content (AvgIpc) is 3.02. The zero-order valence-electron chi connectivity index (χ0n) is 13.0. The Bertz CT molecular complexity index is 706. The Morgan fingerprint density at radius 2 is 2.04 bits per heavy atom. The van der Waals surface area contributed by atoms with Gasteiger partial charge in [-0.1, -0.05) is 42.5 Å². The third-order valence-electron chi connectivity index (χ3n) is 4.24. The highest BCUT2D eigenvalue weighted by Gasteiger charge is 2.16.